The monoisotopic (exact) mass is 267 g/mol. The fourth-order valence-electron chi connectivity index (χ4n) is 2.19. The Morgan fingerprint density at radius 3 is 2.22 bits per heavy atom. The summed E-state index contributed by atoms with van der Waals surface area (Å²) in [6, 6.07) is 7.13. The highest BCUT2D eigenvalue weighted by atomic mass is 35.5. The molecule has 1 aromatic carbocycles. The molecule has 0 saturated heterocycles. The lowest BCUT2D eigenvalue weighted by Gasteiger charge is -2.25. The second-order valence-electron chi connectivity index (χ2n) is 5.34. The van der Waals surface area contributed by atoms with Crippen LogP contribution in [0.3, 0.4) is 0 Å². The van der Waals surface area contributed by atoms with Crippen LogP contribution in [0, 0.1) is 17.8 Å². The van der Waals surface area contributed by atoms with Crippen LogP contribution in [0.2, 0.25) is 5.02 Å². The summed E-state index contributed by atoms with van der Waals surface area (Å²) in [5.41, 5.74) is 0.547. The van der Waals surface area contributed by atoms with Gasteiger partial charge in [-0.15, -0.1) is 0 Å². The van der Waals surface area contributed by atoms with Crippen molar-refractivity contribution in [2.24, 2.45) is 17.8 Å². The summed E-state index contributed by atoms with van der Waals surface area (Å²) in [4.78, 5) is 12.0. The molecular weight excluding hydrogens is 246 g/mol. The molecule has 1 N–H and O–H groups in total. The Hall–Kier alpha value is -1.02. The zero-order valence-corrected chi connectivity index (χ0v) is 12.3. The van der Waals surface area contributed by atoms with Gasteiger partial charge in [-0.05, 0) is 29.9 Å². The standard InChI is InChI=1S/C15H22ClNO/c1-10(2)13(11(3)4)9-17-15(18)12-7-5-6-8-14(12)16/h5-8,10-11,13H,9H2,1-4H3,(H,17,18). The van der Waals surface area contributed by atoms with Crippen LogP contribution >= 0.6 is 11.6 Å². The highest BCUT2D eigenvalue weighted by molar-refractivity contribution is 6.33. The van der Waals surface area contributed by atoms with E-state index in [9.17, 15) is 4.79 Å². The summed E-state index contributed by atoms with van der Waals surface area (Å²) in [6.45, 7) is 9.44. The normalized spacial score (nSPS) is 11.3. The molecule has 3 heteroatoms. The van der Waals surface area contributed by atoms with Gasteiger partial charge < -0.3 is 5.32 Å². The second-order valence-corrected chi connectivity index (χ2v) is 5.75. The molecule has 0 fully saturated rings. The van der Waals surface area contributed by atoms with Gasteiger partial charge in [-0.1, -0.05) is 51.4 Å². The quantitative estimate of drug-likeness (QED) is 0.858. The first kappa shape index (κ1) is 15.0. The van der Waals surface area contributed by atoms with Gasteiger partial charge in [-0.3, -0.25) is 4.79 Å². The molecule has 0 aromatic heterocycles. The van der Waals surface area contributed by atoms with Crippen LogP contribution in [-0.2, 0) is 0 Å². The SMILES string of the molecule is CC(C)C(CNC(=O)c1ccccc1Cl)C(C)C. The number of nitrogens with one attached hydrogen (secondary N) is 1. The summed E-state index contributed by atoms with van der Waals surface area (Å²) >= 11 is 6.00. The Morgan fingerprint density at radius 1 is 1.17 bits per heavy atom. The van der Waals surface area contributed by atoms with Crippen LogP contribution in [0.25, 0.3) is 0 Å². The Labute approximate surface area is 115 Å². The number of halogens is 1. The Morgan fingerprint density at radius 2 is 1.72 bits per heavy atom. The van der Waals surface area contributed by atoms with Gasteiger partial charge in [0.15, 0.2) is 0 Å². The number of carbonyl (C=O) groups excluding carboxylic acids is 1. The van der Waals surface area contributed by atoms with E-state index in [1.54, 1.807) is 12.1 Å². The zero-order valence-electron chi connectivity index (χ0n) is 11.5. The lowest BCUT2D eigenvalue weighted by Crippen LogP contribution is -2.34. The van der Waals surface area contributed by atoms with Crippen molar-refractivity contribution in [2.45, 2.75) is 27.7 Å². The first-order valence-electron chi connectivity index (χ1n) is 6.46. The lowest BCUT2D eigenvalue weighted by molar-refractivity contribution is 0.0937. The highest BCUT2D eigenvalue weighted by Gasteiger charge is 2.19. The van der Waals surface area contributed by atoms with E-state index >= 15 is 0 Å². The smallest absolute Gasteiger partial charge is 0.252 e. The lowest BCUT2D eigenvalue weighted by atomic mass is 9.85. The van der Waals surface area contributed by atoms with Crippen LogP contribution in [-0.4, -0.2) is 12.5 Å². The minimum atomic E-state index is -0.0908. The highest BCUT2D eigenvalue weighted by Crippen LogP contribution is 2.20. The maximum atomic E-state index is 12.0. The molecular formula is C15H22ClNO. The molecule has 1 rings (SSSR count). The summed E-state index contributed by atoms with van der Waals surface area (Å²) in [5, 5.41) is 3.48. The molecule has 0 heterocycles. The molecule has 100 valence electrons. The predicted molar refractivity (Wildman–Crippen MR) is 77.0 cm³/mol. The number of rotatable bonds is 5. The topological polar surface area (TPSA) is 29.1 Å². The van der Waals surface area contributed by atoms with E-state index in [0.29, 0.717) is 34.9 Å². The molecule has 1 amide bonds. The number of hydrogen-bond acceptors (Lipinski definition) is 1. The average molecular weight is 268 g/mol. The van der Waals surface area contributed by atoms with E-state index in [0.717, 1.165) is 0 Å². The number of benzene rings is 1. The van der Waals surface area contributed by atoms with Crippen molar-refractivity contribution in [3.63, 3.8) is 0 Å². The second kappa shape index (κ2) is 6.79. The fraction of sp³-hybridized carbons (Fsp3) is 0.533. The minimum absolute atomic E-state index is 0.0908. The van der Waals surface area contributed by atoms with Gasteiger partial charge in [0.05, 0.1) is 10.6 Å². The molecule has 0 radical (unpaired) electrons. The van der Waals surface area contributed by atoms with E-state index in [4.69, 9.17) is 11.6 Å². The summed E-state index contributed by atoms with van der Waals surface area (Å²) in [6.07, 6.45) is 0. The van der Waals surface area contributed by atoms with Crippen LogP contribution in [0.1, 0.15) is 38.1 Å². The summed E-state index contributed by atoms with van der Waals surface area (Å²) in [5.74, 6) is 1.50. The van der Waals surface area contributed by atoms with Gasteiger partial charge >= 0.3 is 0 Å². The van der Waals surface area contributed by atoms with Gasteiger partial charge in [0.25, 0.3) is 5.91 Å². The van der Waals surface area contributed by atoms with Gasteiger partial charge in [-0.25, -0.2) is 0 Å². The van der Waals surface area contributed by atoms with Crippen molar-refractivity contribution in [1.82, 2.24) is 5.32 Å². The molecule has 0 bridgehead atoms. The largest absolute Gasteiger partial charge is 0.352 e. The third kappa shape index (κ3) is 4.02. The first-order chi connectivity index (χ1) is 8.43. The fourth-order valence-corrected chi connectivity index (χ4v) is 2.41. The van der Waals surface area contributed by atoms with Crippen LogP contribution in [0.15, 0.2) is 24.3 Å². The van der Waals surface area contributed by atoms with E-state index in [1.807, 2.05) is 12.1 Å². The van der Waals surface area contributed by atoms with E-state index in [1.165, 1.54) is 0 Å². The Balaban J connectivity index is 2.64. The van der Waals surface area contributed by atoms with Crippen molar-refractivity contribution in [2.75, 3.05) is 6.54 Å². The van der Waals surface area contributed by atoms with E-state index < -0.39 is 0 Å². The molecule has 1 aromatic rings. The van der Waals surface area contributed by atoms with Gasteiger partial charge in [0.1, 0.15) is 0 Å². The summed E-state index contributed by atoms with van der Waals surface area (Å²) < 4.78 is 0. The third-order valence-electron chi connectivity index (χ3n) is 3.33. The molecule has 2 nitrogen and oxygen atoms in total. The van der Waals surface area contributed by atoms with Crippen LogP contribution in [0.5, 0.6) is 0 Å². The maximum Gasteiger partial charge on any atom is 0.252 e. The molecule has 0 saturated carbocycles. The van der Waals surface area contributed by atoms with Gasteiger partial charge in [-0.2, -0.15) is 0 Å². The zero-order chi connectivity index (χ0) is 13.7. The van der Waals surface area contributed by atoms with Crippen molar-refractivity contribution < 1.29 is 4.79 Å². The van der Waals surface area contributed by atoms with E-state index in [-0.39, 0.29) is 5.91 Å². The number of amides is 1. The maximum absolute atomic E-state index is 12.0. The molecule has 0 aliphatic heterocycles. The van der Waals surface area contributed by atoms with Gasteiger partial charge in [0.2, 0.25) is 0 Å². The molecule has 0 spiro atoms. The van der Waals surface area contributed by atoms with Gasteiger partial charge in [0, 0.05) is 6.54 Å². The number of hydrogen-bond donors (Lipinski definition) is 1. The Bertz CT molecular complexity index is 393. The Kier molecular flexibility index (Phi) is 5.67. The van der Waals surface area contributed by atoms with Crippen molar-refractivity contribution in [1.29, 1.82) is 0 Å². The molecule has 0 unspecified atom stereocenters. The molecule has 18 heavy (non-hydrogen) atoms. The van der Waals surface area contributed by atoms with Crippen LogP contribution < -0.4 is 5.32 Å². The summed E-state index contributed by atoms with van der Waals surface area (Å²) in [7, 11) is 0. The van der Waals surface area contributed by atoms with Crippen LogP contribution in [0.4, 0.5) is 0 Å². The molecule has 0 aliphatic rings. The molecule has 0 atom stereocenters. The van der Waals surface area contributed by atoms with Crippen molar-refractivity contribution in [3.05, 3.63) is 34.9 Å². The minimum Gasteiger partial charge on any atom is -0.352 e. The van der Waals surface area contributed by atoms with E-state index in [2.05, 4.69) is 33.0 Å². The number of carbonyl (C=O) groups is 1. The molecule has 0 aliphatic carbocycles. The van der Waals surface area contributed by atoms with Crippen molar-refractivity contribution >= 4 is 17.5 Å². The first-order valence-corrected chi connectivity index (χ1v) is 6.84. The van der Waals surface area contributed by atoms with Crippen molar-refractivity contribution in [3.8, 4) is 0 Å². The predicted octanol–water partition coefficient (Wildman–Crippen LogP) is 4.00. The third-order valence-corrected chi connectivity index (χ3v) is 3.66. The average Bonchev–Trinajstić information content (AvgIpc) is 2.28.